The van der Waals surface area contributed by atoms with E-state index in [1.165, 1.54) is 22.7 Å². The molecule has 2 rings (SSSR count). The molecule has 0 aromatic carbocycles. The van der Waals surface area contributed by atoms with Gasteiger partial charge in [-0.1, -0.05) is 0 Å². The molecule has 0 saturated heterocycles. The fraction of sp³-hybridized carbons (Fsp3) is 0.111. The summed E-state index contributed by atoms with van der Waals surface area (Å²) >= 11 is 5.91. The van der Waals surface area contributed by atoms with E-state index in [9.17, 15) is 4.79 Å². The minimum atomic E-state index is -0.0565. The van der Waals surface area contributed by atoms with E-state index in [0.29, 0.717) is 20.2 Å². The molecule has 0 fully saturated rings. The number of carbonyl (C=O) groups excluding carboxylic acids is 1. The van der Waals surface area contributed by atoms with Crippen molar-refractivity contribution in [1.82, 2.24) is 4.98 Å². The maximum absolute atomic E-state index is 11.9. The maximum Gasteiger partial charge on any atom is 0.231 e. The second-order valence-electron chi connectivity index (χ2n) is 2.66. The van der Waals surface area contributed by atoms with Crippen molar-refractivity contribution in [1.29, 1.82) is 0 Å². The molecule has 3 nitrogen and oxygen atoms in total. The summed E-state index contributed by atoms with van der Waals surface area (Å²) in [5, 5.41) is 4.08. The molecule has 0 spiro atoms. The fourth-order valence-electron chi connectivity index (χ4n) is 1.01. The van der Waals surface area contributed by atoms with Crippen LogP contribution in [0.3, 0.4) is 0 Å². The van der Waals surface area contributed by atoms with E-state index in [1.807, 2.05) is 0 Å². The van der Waals surface area contributed by atoms with Gasteiger partial charge in [0.2, 0.25) is 5.78 Å². The van der Waals surface area contributed by atoms with Crippen molar-refractivity contribution in [3.05, 3.63) is 31.3 Å². The van der Waals surface area contributed by atoms with Gasteiger partial charge in [-0.15, -0.1) is 22.7 Å². The quantitative estimate of drug-likeness (QED) is 0.817. The molecular formula is C9H6BrNO2S2. The average molecular weight is 304 g/mol. The zero-order valence-corrected chi connectivity index (χ0v) is 10.9. The highest BCUT2D eigenvalue weighted by Gasteiger charge is 2.15. The third kappa shape index (κ3) is 2.27. The Hall–Kier alpha value is -0.720. The number of ether oxygens (including phenoxy) is 1. The molecule has 2 heterocycles. The Morgan fingerprint density at radius 1 is 1.47 bits per heavy atom. The number of rotatable bonds is 3. The lowest BCUT2D eigenvalue weighted by molar-refractivity contribution is 0.104. The highest BCUT2D eigenvalue weighted by molar-refractivity contribution is 9.10. The molecule has 0 N–H and O–H groups in total. The van der Waals surface area contributed by atoms with Gasteiger partial charge in [0, 0.05) is 16.8 Å². The second kappa shape index (κ2) is 4.42. The molecule has 0 atom stereocenters. The number of hydrogen-bond donors (Lipinski definition) is 0. The van der Waals surface area contributed by atoms with E-state index in [0.717, 1.165) is 0 Å². The highest BCUT2D eigenvalue weighted by atomic mass is 79.9. The normalized spacial score (nSPS) is 10.3. The molecule has 0 radical (unpaired) electrons. The van der Waals surface area contributed by atoms with Crippen molar-refractivity contribution in [3.8, 4) is 5.75 Å². The first-order chi connectivity index (χ1) is 7.20. The summed E-state index contributed by atoms with van der Waals surface area (Å²) in [5.41, 5.74) is 0. The number of carbonyl (C=O) groups is 1. The van der Waals surface area contributed by atoms with Gasteiger partial charge in [0.1, 0.15) is 10.4 Å². The molecule has 0 aliphatic rings. The highest BCUT2D eigenvalue weighted by Crippen LogP contribution is 2.25. The number of halogens is 1. The van der Waals surface area contributed by atoms with E-state index >= 15 is 0 Å². The van der Waals surface area contributed by atoms with Gasteiger partial charge in [0.15, 0.2) is 5.01 Å². The lowest BCUT2D eigenvalue weighted by Crippen LogP contribution is -1.97. The number of thiazole rings is 1. The molecule has 0 aliphatic carbocycles. The van der Waals surface area contributed by atoms with Crippen LogP contribution in [-0.4, -0.2) is 17.9 Å². The van der Waals surface area contributed by atoms with Crippen molar-refractivity contribution in [2.75, 3.05) is 7.11 Å². The van der Waals surface area contributed by atoms with Crippen LogP contribution in [0, 0.1) is 0 Å². The van der Waals surface area contributed by atoms with Crippen LogP contribution in [0.25, 0.3) is 0 Å². The van der Waals surface area contributed by atoms with Gasteiger partial charge in [-0.05, 0) is 15.9 Å². The summed E-state index contributed by atoms with van der Waals surface area (Å²) in [7, 11) is 1.58. The molecule has 78 valence electrons. The molecule has 2 aromatic rings. The Bertz CT molecular complexity index is 492. The smallest absolute Gasteiger partial charge is 0.231 e. The lowest BCUT2D eigenvalue weighted by Gasteiger charge is -1.91. The topological polar surface area (TPSA) is 39.2 Å². The molecule has 6 heteroatoms. The minimum absolute atomic E-state index is 0.0565. The third-order valence-corrected chi connectivity index (χ3v) is 4.16. The van der Waals surface area contributed by atoms with Crippen molar-refractivity contribution < 1.29 is 9.53 Å². The van der Waals surface area contributed by atoms with Crippen LogP contribution in [0.4, 0.5) is 0 Å². The lowest BCUT2D eigenvalue weighted by atomic mass is 10.3. The zero-order chi connectivity index (χ0) is 10.8. The Morgan fingerprint density at radius 2 is 2.27 bits per heavy atom. The first-order valence-electron chi connectivity index (χ1n) is 3.99. The van der Waals surface area contributed by atoms with Crippen LogP contribution in [0.2, 0.25) is 0 Å². The Labute approximate surface area is 103 Å². The van der Waals surface area contributed by atoms with Crippen LogP contribution in [-0.2, 0) is 0 Å². The Kier molecular flexibility index (Phi) is 3.18. The first-order valence-corrected chi connectivity index (χ1v) is 6.54. The van der Waals surface area contributed by atoms with Crippen molar-refractivity contribution in [2.45, 2.75) is 0 Å². The molecule has 0 saturated carbocycles. The second-order valence-corrected chi connectivity index (χ2v) is 5.24. The molecule has 2 aromatic heterocycles. The molecule has 0 bridgehead atoms. The monoisotopic (exact) mass is 303 g/mol. The van der Waals surface area contributed by atoms with Gasteiger partial charge < -0.3 is 4.74 Å². The molecule has 0 aliphatic heterocycles. The molecule has 0 unspecified atom stereocenters. The summed E-state index contributed by atoms with van der Waals surface area (Å²) in [6.45, 7) is 0. The average Bonchev–Trinajstić information content (AvgIpc) is 2.84. The largest absolute Gasteiger partial charge is 0.496 e. The van der Waals surface area contributed by atoms with Gasteiger partial charge in [0.25, 0.3) is 0 Å². The Morgan fingerprint density at radius 3 is 2.80 bits per heavy atom. The van der Waals surface area contributed by atoms with E-state index in [-0.39, 0.29) is 5.78 Å². The van der Waals surface area contributed by atoms with E-state index in [1.54, 1.807) is 23.9 Å². The van der Waals surface area contributed by atoms with Crippen molar-refractivity contribution in [2.24, 2.45) is 0 Å². The number of thiophene rings is 1. The number of methoxy groups -OCH3 is 1. The number of ketones is 1. The third-order valence-electron chi connectivity index (χ3n) is 1.71. The van der Waals surface area contributed by atoms with Crippen LogP contribution in [0.1, 0.15) is 14.7 Å². The number of nitrogens with zero attached hydrogens (tertiary/aromatic N) is 1. The van der Waals surface area contributed by atoms with Crippen LogP contribution in [0.15, 0.2) is 21.4 Å². The molecule has 15 heavy (non-hydrogen) atoms. The minimum Gasteiger partial charge on any atom is -0.496 e. The summed E-state index contributed by atoms with van der Waals surface area (Å²) in [6, 6.07) is 1.72. The van der Waals surface area contributed by atoms with Gasteiger partial charge in [0.05, 0.1) is 12.0 Å². The van der Waals surface area contributed by atoms with E-state index < -0.39 is 0 Å². The van der Waals surface area contributed by atoms with Crippen molar-refractivity contribution >= 4 is 44.4 Å². The molecule has 0 amide bonds. The number of hydrogen-bond acceptors (Lipinski definition) is 5. The first kappa shape index (κ1) is 10.8. The van der Waals surface area contributed by atoms with E-state index in [2.05, 4.69) is 20.9 Å². The van der Waals surface area contributed by atoms with Crippen molar-refractivity contribution in [3.63, 3.8) is 0 Å². The predicted molar refractivity (Wildman–Crippen MR) is 64.1 cm³/mol. The van der Waals surface area contributed by atoms with Crippen LogP contribution < -0.4 is 4.74 Å². The van der Waals surface area contributed by atoms with Gasteiger partial charge in [-0.25, -0.2) is 4.98 Å². The van der Waals surface area contributed by atoms with Gasteiger partial charge in [-0.2, -0.15) is 0 Å². The summed E-state index contributed by atoms with van der Waals surface area (Å²) in [5.74, 6) is 0.651. The predicted octanol–water partition coefficient (Wildman–Crippen LogP) is 3.21. The summed E-state index contributed by atoms with van der Waals surface area (Å²) < 4.78 is 5.71. The maximum atomic E-state index is 11.9. The Balaban J connectivity index is 2.28. The fourth-order valence-corrected chi connectivity index (χ4v) is 3.07. The SMILES string of the molecule is COc1csc(C(=O)c2nc(Br)cs2)c1. The summed E-state index contributed by atoms with van der Waals surface area (Å²) in [4.78, 5) is 16.6. The van der Waals surface area contributed by atoms with Gasteiger partial charge >= 0.3 is 0 Å². The zero-order valence-electron chi connectivity index (χ0n) is 7.69. The number of aromatic nitrogens is 1. The molecular weight excluding hydrogens is 298 g/mol. The standard InChI is InChI=1S/C9H6BrNO2S2/c1-13-5-2-6(14-3-5)8(12)9-11-7(10)4-15-9/h2-4H,1H3. The van der Waals surface area contributed by atoms with E-state index in [4.69, 9.17) is 4.74 Å². The summed E-state index contributed by atoms with van der Waals surface area (Å²) in [6.07, 6.45) is 0. The van der Waals surface area contributed by atoms with Crippen LogP contribution in [0.5, 0.6) is 5.75 Å². The van der Waals surface area contributed by atoms with Gasteiger partial charge in [-0.3, -0.25) is 4.79 Å². The van der Waals surface area contributed by atoms with Crippen LogP contribution >= 0.6 is 38.6 Å².